The largest absolute Gasteiger partial charge is 0.341 e. The minimum Gasteiger partial charge on any atom is -0.341 e. The molecule has 0 spiro atoms. The van der Waals surface area contributed by atoms with E-state index in [-0.39, 0.29) is 29.8 Å². The van der Waals surface area contributed by atoms with Gasteiger partial charge in [0.15, 0.2) is 0 Å². The van der Waals surface area contributed by atoms with Crippen LogP contribution in [0.1, 0.15) is 25.7 Å². The van der Waals surface area contributed by atoms with E-state index in [9.17, 15) is 14.4 Å². The number of urea groups is 1. The Labute approximate surface area is 152 Å². The first-order valence-corrected chi connectivity index (χ1v) is 9.26. The maximum Gasteiger partial charge on any atom is 0.321 e. The van der Waals surface area contributed by atoms with Gasteiger partial charge in [0.1, 0.15) is 0 Å². The van der Waals surface area contributed by atoms with Crippen LogP contribution in [0.5, 0.6) is 0 Å². The zero-order chi connectivity index (χ0) is 18.3. The smallest absolute Gasteiger partial charge is 0.321 e. The molecular weight excluding hydrogens is 332 g/mol. The standard InChI is InChI=1S/C19H24N4O3/c1-21-16-8-7-13(18(21)25)11-22(12-16)19(26)20-14-4-2-5-15(10-14)23-9-3-6-17(23)24/h2,4-5,10,13,16H,3,6-9,11-12H2,1H3,(H,20,26). The van der Waals surface area contributed by atoms with Gasteiger partial charge in [-0.05, 0) is 37.5 Å². The van der Waals surface area contributed by atoms with Crippen LogP contribution in [0.4, 0.5) is 16.2 Å². The van der Waals surface area contributed by atoms with Crippen LogP contribution in [-0.4, -0.2) is 60.4 Å². The molecule has 0 aliphatic carbocycles. The Morgan fingerprint density at radius 1 is 1.19 bits per heavy atom. The highest BCUT2D eigenvalue weighted by Gasteiger charge is 2.40. The Bertz CT molecular complexity index is 750. The van der Waals surface area contributed by atoms with E-state index in [0.717, 1.165) is 31.5 Å². The predicted molar refractivity (Wildman–Crippen MR) is 97.9 cm³/mol. The van der Waals surface area contributed by atoms with E-state index in [1.54, 1.807) is 14.7 Å². The highest BCUT2D eigenvalue weighted by Crippen LogP contribution is 2.29. The topological polar surface area (TPSA) is 73.0 Å². The molecular formula is C19H24N4O3. The van der Waals surface area contributed by atoms with Gasteiger partial charge in [0, 0.05) is 50.5 Å². The molecule has 0 saturated carbocycles. The maximum absolute atomic E-state index is 12.8. The molecule has 1 aromatic rings. The van der Waals surface area contributed by atoms with Crippen LogP contribution in [0.15, 0.2) is 24.3 Å². The number of likely N-dealkylation sites (N-methyl/N-ethyl adjacent to an activating group) is 1. The average Bonchev–Trinajstić information content (AvgIpc) is 2.88. The van der Waals surface area contributed by atoms with E-state index in [2.05, 4.69) is 5.32 Å². The fourth-order valence-corrected chi connectivity index (χ4v) is 4.20. The number of benzene rings is 1. The summed E-state index contributed by atoms with van der Waals surface area (Å²) in [6.07, 6.45) is 3.25. The van der Waals surface area contributed by atoms with Crippen molar-refractivity contribution in [2.45, 2.75) is 31.7 Å². The summed E-state index contributed by atoms with van der Waals surface area (Å²) in [6.45, 7) is 1.75. The number of piperidine rings is 1. The van der Waals surface area contributed by atoms with Crippen molar-refractivity contribution in [2.75, 3.05) is 36.9 Å². The molecule has 2 atom stereocenters. The molecule has 1 aromatic carbocycles. The molecule has 7 nitrogen and oxygen atoms in total. The van der Waals surface area contributed by atoms with Crippen molar-refractivity contribution in [3.8, 4) is 0 Å². The lowest BCUT2D eigenvalue weighted by atomic mass is 9.95. The van der Waals surface area contributed by atoms with Gasteiger partial charge in [-0.3, -0.25) is 9.59 Å². The SMILES string of the molecule is CN1C(=O)C2CCC1CN(C(=O)Nc1cccc(N3CCCC3=O)c1)C2. The van der Waals surface area contributed by atoms with Crippen molar-refractivity contribution in [1.82, 2.24) is 9.80 Å². The number of carbonyl (C=O) groups is 3. The number of hydrogen-bond donors (Lipinski definition) is 1. The van der Waals surface area contributed by atoms with Gasteiger partial charge >= 0.3 is 6.03 Å². The Kier molecular flexibility index (Phi) is 4.30. The fourth-order valence-electron chi connectivity index (χ4n) is 4.20. The summed E-state index contributed by atoms with van der Waals surface area (Å²) in [7, 11) is 1.83. The van der Waals surface area contributed by atoms with Crippen molar-refractivity contribution < 1.29 is 14.4 Å². The molecule has 5 rings (SSSR count). The van der Waals surface area contributed by atoms with Gasteiger partial charge in [-0.2, -0.15) is 0 Å². The lowest BCUT2D eigenvalue weighted by molar-refractivity contribution is -0.138. The first-order chi connectivity index (χ1) is 12.5. The van der Waals surface area contributed by atoms with Crippen molar-refractivity contribution >= 4 is 29.2 Å². The highest BCUT2D eigenvalue weighted by atomic mass is 16.2. The van der Waals surface area contributed by atoms with Gasteiger partial charge in [-0.1, -0.05) is 6.07 Å². The van der Waals surface area contributed by atoms with Crippen LogP contribution < -0.4 is 10.2 Å². The van der Waals surface area contributed by atoms with Gasteiger partial charge in [0.25, 0.3) is 0 Å². The minimum absolute atomic E-state index is 0.0977. The normalized spacial score (nSPS) is 25.7. The molecule has 0 radical (unpaired) electrons. The minimum atomic E-state index is -0.185. The molecule has 4 heterocycles. The zero-order valence-corrected chi connectivity index (χ0v) is 15.0. The third-order valence-corrected chi connectivity index (χ3v) is 5.73. The van der Waals surface area contributed by atoms with Gasteiger partial charge in [-0.25, -0.2) is 4.79 Å². The summed E-state index contributed by atoms with van der Waals surface area (Å²) in [5.41, 5.74) is 1.49. The molecule has 7 heteroatoms. The summed E-state index contributed by atoms with van der Waals surface area (Å²) in [4.78, 5) is 42.3. The molecule has 1 N–H and O–H groups in total. The molecule has 2 unspecified atom stereocenters. The number of nitrogens with one attached hydrogen (secondary N) is 1. The lowest BCUT2D eigenvalue weighted by Gasteiger charge is -2.32. The Balaban J connectivity index is 1.47. The molecule has 4 amide bonds. The van der Waals surface area contributed by atoms with E-state index in [1.165, 1.54) is 0 Å². The maximum atomic E-state index is 12.8. The summed E-state index contributed by atoms with van der Waals surface area (Å²) >= 11 is 0. The molecule has 0 aromatic heterocycles. The summed E-state index contributed by atoms with van der Waals surface area (Å²) in [5, 5.41) is 2.94. The van der Waals surface area contributed by atoms with Crippen LogP contribution in [0.25, 0.3) is 0 Å². The van der Waals surface area contributed by atoms with E-state index in [0.29, 0.717) is 25.2 Å². The van der Waals surface area contributed by atoms with Crippen molar-refractivity contribution in [3.63, 3.8) is 0 Å². The van der Waals surface area contributed by atoms with Crippen LogP contribution in [0, 0.1) is 5.92 Å². The van der Waals surface area contributed by atoms with Crippen molar-refractivity contribution in [2.24, 2.45) is 5.92 Å². The summed E-state index contributed by atoms with van der Waals surface area (Å²) in [6, 6.07) is 7.31. The first kappa shape index (κ1) is 16.9. The molecule has 138 valence electrons. The quantitative estimate of drug-likeness (QED) is 0.880. The Hall–Kier alpha value is -2.57. The van der Waals surface area contributed by atoms with Crippen molar-refractivity contribution in [3.05, 3.63) is 24.3 Å². The van der Waals surface area contributed by atoms with Crippen LogP contribution in [-0.2, 0) is 9.59 Å². The van der Waals surface area contributed by atoms with Gasteiger partial charge < -0.3 is 20.0 Å². The first-order valence-electron chi connectivity index (χ1n) is 9.26. The van der Waals surface area contributed by atoms with Crippen LogP contribution in [0.2, 0.25) is 0 Å². The lowest BCUT2D eigenvalue weighted by Crippen LogP contribution is -2.45. The van der Waals surface area contributed by atoms with E-state index < -0.39 is 0 Å². The molecule has 26 heavy (non-hydrogen) atoms. The number of anilines is 2. The van der Waals surface area contributed by atoms with Gasteiger partial charge in [0.05, 0.1) is 5.92 Å². The summed E-state index contributed by atoms with van der Waals surface area (Å²) in [5.74, 6) is 0.170. The van der Waals surface area contributed by atoms with E-state index in [1.807, 2.05) is 31.3 Å². The molecule has 4 fully saturated rings. The summed E-state index contributed by atoms with van der Waals surface area (Å²) < 4.78 is 0. The second-order valence-electron chi connectivity index (χ2n) is 7.41. The van der Waals surface area contributed by atoms with E-state index >= 15 is 0 Å². The highest BCUT2D eigenvalue weighted by molar-refractivity contribution is 5.97. The molecule has 4 saturated heterocycles. The molecule has 4 aliphatic rings. The number of amides is 4. The zero-order valence-electron chi connectivity index (χ0n) is 15.0. The second-order valence-corrected chi connectivity index (χ2v) is 7.41. The number of carbonyl (C=O) groups excluding carboxylic acids is 3. The Morgan fingerprint density at radius 3 is 2.81 bits per heavy atom. The van der Waals surface area contributed by atoms with Gasteiger partial charge in [-0.15, -0.1) is 0 Å². The molecule has 2 bridgehead atoms. The average molecular weight is 356 g/mol. The van der Waals surface area contributed by atoms with E-state index in [4.69, 9.17) is 0 Å². The van der Waals surface area contributed by atoms with Crippen LogP contribution in [0.3, 0.4) is 0 Å². The number of rotatable bonds is 2. The second kappa shape index (κ2) is 6.63. The number of hydrogen-bond acceptors (Lipinski definition) is 3. The molecule has 4 aliphatic heterocycles. The third kappa shape index (κ3) is 3.02. The van der Waals surface area contributed by atoms with Gasteiger partial charge in [0.2, 0.25) is 11.8 Å². The number of nitrogens with zero attached hydrogens (tertiary/aromatic N) is 3. The predicted octanol–water partition coefficient (Wildman–Crippen LogP) is 1.90. The van der Waals surface area contributed by atoms with Crippen LogP contribution >= 0.6 is 0 Å². The van der Waals surface area contributed by atoms with Crippen molar-refractivity contribution in [1.29, 1.82) is 0 Å². The monoisotopic (exact) mass is 356 g/mol. The third-order valence-electron chi connectivity index (χ3n) is 5.73. The number of fused-ring (bicyclic) bond motifs is 4. The Morgan fingerprint density at radius 2 is 2.04 bits per heavy atom. The fraction of sp³-hybridized carbons (Fsp3) is 0.526.